The molecular formula is C17H14F2N4. The van der Waals surface area contributed by atoms with Crippen molar-refractivity contribution in [1.29, 1.82) is 0 Å². The minimum absolute atomic E-state index is 0.568. The van der Waals surface area contributed by atoms with Crippen LogP contribution in [-0.2, 0) is 13.0 Å². The molecule has 1 aliphatic heterocycles. The van der Waals surface area contributed by atoms with Gasteiger partial charge in [-0.15, -0.1) is 0 Å². The zero-order chi connectivity index (χ0) is 15.8. The Balaban J connectivity index is 1.90. The summed E-state index contributed by atoms with van der Waals surface area (Å²) in [7, 11) is 0. The predicted molar refractivity (Wildman–Crippen MR) is 82.1 cm³/mol. The van der Waals surface area contributed by atoms with Crippen molar-refractivity contribution in [3.05, 3.63) is 65.5 Å². The molecule has 1 N–H and O–H groups in total. The number of hydrogen-bond donors (Lipinski definition) is 1. The lowest BCUT2D eigenvalue weighted by Crippen LogP contribution is -2.24. The van der Waals surface area contributed by atoms with E-state index in [1.165, 1.54) is 6.07 Å². The molecule has 0 fully saturated rings. The average molecular weight is 312 g/mol. The summed E-state index contributed by atoms with van der Waals surface area (Å²) in [6.07, 6.45) is 2.52. The summed E-state index contributed by atoms with van der Waals surface area (Å²) in [6, 6.07) is 9.50. The fraction of sp³-hybridized carbons (Fsp3) is 0.176. The second kappa shape index (κ2) is 5.55. The molecule has 6 heteroatoms. The molecule has 116 valence electrons. The summed E-state index contributed by atoms with van der Waals surface area (Å²) in [4.78, 5) is 4.34. The lowest BCUT2D eigenvalue weighted by molar-refractivity contribution is 0.509. The highest BCUT2D eigenvalue weighted by atomic mass is 19.2. The number of pyridine rings is 1. The lowest BCUT2D eigenvalue weighted by Gasteiger charge is -2.15. The summed E-state index contributed by atoms with van der Waals surface area (Å²) in [6.45, 7) is 1.50. The maximum absolute atomic E-state index is 13.6. The van der Waals surface area contributed by atoms with Crippen LogP contribution in [0, 0.1) is 11.6 Å². The molecule has 2 aromatic heterocycles. The number of rotatable bonds is 2. The van der Waals surface area contributed by atoms with E-state index in [0.717, 1.165) is 36.1 Å². The van der Waals surface area contributed by atoms with E-state index < -0.39 is 11.6 Å². The number of aromatic nitrogens is 3. The fourth-order valence-corrected chi connectivity index (χ4v) is 2.89. The summed E-state index contributed by atoms with van der Waals surface area (Å²) >= 11 is 0. The molecular weight excluding hydrogens is 298 g/mol. The van der Waals surface area contributed by atoms with Crippen LogP contribution >= 0.6 is 0 Å². The molecule has 23 heavy (non-hydrogen) atoms. The van der Waals surface area contributed by atoms with Gasteiger partial charge in [0, 0.05) is 36.8 Å². The number of halogens is 2. The molecule has 0 bridgehead atoms. The van der Waals surface area contributed by atoms with E-state index >= 15 is 0 Å². The first kappa shape index (κ1) is 14.0. The van der Waals surface area contributed by atoms with Crippen molar-refractivity contribution < 1.29 is 8.78 Å². The van der Waals surface area contributed by atoms with Crippen LogP contribution in [0.2, 0.25) is 0 Å². The third-order valence-corrected chi connectivity index (χ3v) is 3.99. The topological polar surface area (TPSA) is 42.7 Å². The Kier molecular flexibility index (Phi) is 3.38. The van der Waals surface area contributed by atoms with E-state index in [1.54, 1.807) is 16.9 Å². The van der Waals surface area contributed by atoms with Crippen LogP contribution in [0.25, 0.3) is 17.1 Å². The number of hydrogen-bond acceptors (Lipinski definition) is 3. The molecule has 1 aliphatic rings. The summed E-state index contributed by atoms with van der Waals surface area (Å²) in [5.74, 6) is -1.00. The first-order chi connectivity index (χ1) is 11.2. The van der Waals surface area contributed by atoms with Crippen molar-refractivity contribution in [3.8, 4) is 17.1 Å². The van der Waals surface area contributed by atoms with Gasteiger partial charge in [0.25, 0.3) is 0 Å². The average Bonchev–Trinajstić information content (AvgIpc) is 2.98. The third kappa shape index (κ3) is 2.41. The first-order valence-electron chi connectivity index (χ1n) is 7.42. The summed E-state index contributed by atoms with van der Waals surface area (Å²) in [5, 5.41) is 7.93. The highest BCUT2D eigenvalue weighted by Gasteiger charge is 2.23. The van der Waals surface area contributed by atoms with Gasteiger partial charge in [-0.25, -0.2) is 18.4 Å². The van der Waals surface area contributed by atoms with Gasteiger partial charge in [-0.1, -0.05) is 6.07 Å². The van der Waals surface area contributed by atoms with Crippen LogP contribution in [-0.4, -0.2) is 21.3 Å². The van der Waals surface area contributed by atoms with Gasteiger partial charge < -0.3 is 5.32 Å². The molecule has 0 aliphatic carbocycles. The van der Waals surface area contributed by atoms with Crippen molar-refractivity contribution in [2.75, 3.05) is 6.54 Å². The fourth-order valence-electron chi connectivity index (χ4n) is 2.89. The van der Waals surface area contributed by atoms with Crippen LogP contribution < -0.4 is 5.32 Å². The Bertz CT molecular complexity index is 859. The van der Waals surface area contributed by atoms with E-state index in [2.05, 4.69) is 15.4 Å². The van der Waals surface area contributed by atoms with Gasteiger partial charge in [-0.2, -0.15) is 5.10 Å². The monoisotopic (exact) mass is 312 g/mol. The highest BCUT2D eigenvalue weighted by Crippen LogP contribution is 2.30. The normalized spacial score (nSPS) is 13.8. The standard InChI is InChI=1S/C17H14F2N4/c18-13-5-4-11(9-14(13)19)17-12-10-20-8-6-15(12)23(22-17)16-3-1-2-7-21-16/h1-5,7,9,20H,6,8,10H2. The molecule has 1 aromatic carbocycles. The van der Waals surface area contributed by atoms with Crippen molar-refractivity contribution in [2.45, 2.75) is 13.0 Å². The Morgan fingerprint density at radius 3 is 2.78 bits per heavy atom. The molecule has 4 nitrogen and oxygen atoms in total. The van der Waals surface area contributed by atoms with Gasteiger partial charge in [-0.05, 0) is 30.3 Å². The van der Waals surface area contributed by atoms with Crippen LogP contribution in [0.5, 0.6) is 0 Å². The van der Waals surface area contributed by atoms with Crippen LogP contribution in [0.15, 0.2) is 42.6 Å². The maximum atomic E-state index is 13.6. The summed E-state index contributed by atoms with van der Waals surface area (Å²) < 4.78 is 28.6. The van der Waals surface area contributed by atoms with Crippen molar-refractivity contribution in [2.24, 2.45) is 0 Å². The maximum Gasteiger partial charge on any atom is 0.159 e. The first-order valence-corrected chi connectivity index (χ1v) is 7.42. The molecule has 0 amide bonds. The van der Waals surface area contributed by atoms with Crippen molar-refractivity contribution in [3.63, 3.8) is 0 Å². The number of fused-ring (bicyclic) bond motifs is 1. The van der Waals surface area contributed by atoms with Crippen LogP contribution in [0.4, 0.5) is 8.78 Å². The zero-order valence-corrected chi connectivity index (χ0v) is 12.3. The predicted octanol–water partition coefficient (Wildman–Crippen LogP) is 2.86. The second-order valence-electron chi connectivity index (χ2n) is 5.43. The van der Waals surface area contributed by atoms with E-state index in [9.17, 15) is 8.78 Å². The Morgan fingerprint density at radius 1 is 1.09 bits per heavy atom. The quantitative estimate of drug-likeness (QED) is 0.791. The molecule has 0 spiro atoms. The lowest BCUT2D eigenvalue weighted by atomic mass is 10.0. The van der Waals surface area contributed by atoms with E-state index in [0.29, 0.717) is 17.8 Å². The minimum Gasteiger partial charge on any atom is -0.312 e. The summed E-state index contributed by atoms with van der Waals surface area (Å²) in [5.41, 5.74) is 3.30. The van der Waals surface area contributed by atoms with Crippen LogP contribution in [0.1, 0.15) is 11.3 Å². The van der Waals surface area contributed by atoms with Gasteiger partial charge in [0.2, 0.25) is 0 Å². The van der Waals surface area contributed by atoms with Gasteiger partial charge in [0.15, 0.2) is 17.5 Å². The SMILES string of the molecule is Fc1ccc(-c2nn(-c3ccccn3)c3c2CNCC3)cc1F. The number of benzene rings is 1. The Labute approximate surface area is 131 Å². The number of nitrogens with one attached hydrogen (secondary N) is 1. The van der Waals surface area contributed by atoms with Gasteiger partial charge in [0.05, 0.1) is 11.4 Å². The molecule has 4 rings (SSSR count). The molecule has 0 radical (unpaired) electrons. The Morgan fingerprint density at radius 2 is 2.00 bits per heavy atom. The van der Waals surface area contributed by atoms with Crippen LogP contribution in [0.3, 0.4) is 0 Å². The van der Waals surface area contributed by atoms with Crippen molar-refractivity contribution in [1.82, 2.24) is 20.1 Å². The molecule has 0 saturated heterocycles. The van der Waals surface area contributed by atoms with Gasteiger partial charge in [0.1, 0.15) is 0 Å². The molecule has 3 heterocycles. The third-order valence-electron chi connectivity index (χ3n) is 3.99. The molecule has 3 aromatic rings. The highest BCUT2D eigenvalue weighted by molar-refractivity contribution is 5.65. The second-order valence-corrected chi connectivity index (χ2v) is 5.43. The molecule has 0 atom stereocenters. The zero-order valence-electron chi connectivity index (χ0n) is 12.3. The van der Waals surface area contributed by atoms with E-state index in [-0.39, 0.29) is 0 Å². The molecule has 0 saturated carbocycles. The van der Waals surface area contributed by atoms with E-state index in [1.807, 2.05) is 18.2 Å². The van der Waals surface area contributed by atoms with E-state index in [4.69, 9.17) is 0 Å². The van der Waals surface area contributed by atoms with Gasteiger partial charge in [-0.3, -0.25) is 0 Å². The van der Waals surface area contributed by atoms with Gasteiger partial charge >= 0.3 is 0 Å². The molecule has 0 unspecified atom stereocenters. The number of nitrogens with zero attached hydrogens (tertiary/aromatic N) is 3. The Hall–Kier alpha value is -2.60. The smallest absolute Gasteiger partial charge is 0.159 e. The largest absolute Gasteiger partial charge is 0.312 e. The van der Waals surface area contributed by atoms with Crippen molar-refractivity contribution >= 4 is 0 Å². The minimum atomic E-state index is -0.868.